The molecular weight excluding hydrogens is 165 g/mol. The van der Waals surface area contributed by atoms with Crippen molar-refractivity contribution in [2.75, 3.05) is 11.5 Å². The average molecular weight is 175 g/mol. The Morgan fingerprint density at radius 2 is 2.22 bits per heavy atom. The zero-order chi connectivity index (χ0) is 6.41. The monoisotopic (exact) mass is 175 g/mol. The van der Waals surface area contributed by atoms with Crippen molar-refractivity contribution in [3.8, 4) is 0 Å². The van der Waals surface area contributed by atoms with E-state index in [1.165, 1.54) is 0 Å². The van der Waals surface area contributed by atoms with Crippen LogP contribution in [0, 0.1) is 0 Å². The molecule has 0 fully saturated rings. The first-order valence-electron chi connectivity index (χ1n) is 2.42. The van der Waals surface area contributed by atoms with Crippen LogP contribution in [0.1, 0.15) is 6.42 Å². The van der Waals surface area contributed by atoms with Gasteiger partial charge in [0.1, 0.15) is 0 Å². The molecule has 0 bridgehead atoms. The van der Waals surface area contributed by atoms with Crippen molar-refractivity contribution in [3.63, 3.8) is 0 Å². The third kappa shape index (κ3) is 9.62. The standard InChI is InChI=1S/C4H11NOS2.Na/c5-4(3-7)1-2-8-6;/h4,6-7H,1-3,5H2;/q;+1/p-1. The molecule has 0 aliphatic carbocycles. The number of thiol groups is 1. The number of hydrogen-bond acceptors (Lipinski definition) is 4. The molecule has 0 radical (unpaired) electrons. The zero-order valence-electron chi connectivity index (χ0n) is 5.54. The fraction of sp³-hybridized carbons (Fsp3) is 1.00. The Morgan fingerprint density at radius 3 is 2.56 bits per heavy atom. The number of hydrogen-bond donors (Lipinski definition) is 2. The Morgan fingerprint density at radius 1 is 1.67 bits per heavy atom. The van der Waals surface area contributed by atoms with Crippen LogP contribution in [0.5, 0.6) is 0 Å². The zero-order valence-corrected chi connectivity index (χ0v) is 9.25. The van der Waals surface area contributed by atoms with E-state index in [2.05, 4.69) is 12.6 Å². The molecule has 0 saturated carbocycles. The Hall–Kier alpha value is 1.62. The van der Waals surface area contributed by atoms with Gasteiger partial charge in [0, 0.05) is 11.8 Å². The van der Waals surface area contributed by atoms with Crippen molar-refractivity contribution in [1.29, 1.82) is 0 Å². The van der Waals surface area contributed by atoms with E-state index in [0.29, 0.717) is 23.5 Å². The van der Waals surface area contributed by atoms with Crippen LogP contribution < -0.4 is 35.3 Å². The first-order valence-corrected chi connectivity index (χ1v) is 3.96. The quantitative estimate of drug-likeness (QED) is 0.282. The fourth-order valence-corrected chi connectivity index (χ4v) is 0.872. The largest absolute Gasteiger partial charge is 1.00 e. The minimum atomic E-state index is 0. The molecule has 0 saturated heterocycles. The maximum absolute atomic E-state index is 9.79. The molecule has 0 aromatic heterocycles. The summed E-state index contributed by atoms with van der Waals surface area (Å²) in [7, 11) is 0. The Balaban J connectivity index is 0. The summed E-state index contributed by atoms with van der Waals surface area (Å²) in [6, 6.07) is 0.0970. The van der Waals surface area contributed by atoms with E-state index < -0.39 is 0 Å². The molecule has 0 aliphatic heterocycles. The van der Waals surface area contributed by atoms with Gasteiger partial charge < -0.3 is 10.3 Å². The molecular formula is C4H10NNaOS2. The summed E-state index contributed by atoms with van der Waals surface area (Å²) in [6.07, 6.45) is 0.775. The minimum absolute atomic E-state index is 0. The minimum Gasteiger partial charge on any atom is -0.799 e. The van der Waals surface area contributed by atoms with E-state index in [4.69, 9.17) is 5.73 Å². The van der Waals surface area contributed by atoms with Crippen LogP contribution >= 0.6 is 24.7 Å². The molecule has 0 rings (SSSR count). The maximum Gasteiger partial charge on any atom is 1.00 e. The van der Waals surface area contributed by atoms with Gasteiger partial charge in [0.25, 0.3) is 0 Å². The van der Waals surface area contributed by atoms with Crippen LogP contribution in [0.4, 0.5) is 0 Å². The topological polar surface area (TPSA) is 49.1 Å². The van der Waals surface area contributed by atoms with Gasteiger partial charge in [-0.05, 0) is 12.2 Å². The molecule has 50 valence electrons. The maximum atomic E-state index is 9.79. The van der Waals surface area contributed by atoms with Gasteiger partial charge in [-0.3, -0.25) is 12.0 Å². The van der Waals surface area contributed by atoms with Crippen LogP contribution in [0.3, 0.4) is 0 Å². The number of nitrogens with two attached hydrogens (primary N) is 1. The molecule has 1 unspecified atom stereocenters. The van der Waals surface area contributed by atoms with Gasteiger partial charge in [0.05, 0.1) is 0 Å². The molecule has 0 heterocycles. The molecule has 0 aliphatic rings. The Labute approximate surface area is 87.9 Å². The number of rotatable bonds is 4. The van der Waals surface area contributed by atoms with E-state index in [9.17, 15) is 4.55 Å². The van der Waals surface area contributed by atoms with Gasteiger partial charge in [-0.15, -0.1) is 0 Å². The Bertz CT molecular complexity index is 57.8. The van der Waals surface area contributed by atoms with Crippen molar-refractivity contribution in [1.82, 2.24) is 0 Å². The van der Waals surface area contributed by atoms with Gasteiger partial charge in [0.15, 0.2) is 0 Å². The molecule has 5 heteroatoms. The van der Waals surface area contributed by atoms with Crippen molar-refractivity contribution in [2.24, 2.45) is 5.73 Å². The van der Waals surface area contributed by atoms with Crippen LogP contribution in [0.15, 0.2) is 0 Å². The molecule has 0 aromatic rings. The summed E-state index contributed by atoms with van der Waals surface area (Å²) in [5, 5.41) is 0. The summed E-state index contributed by atoms with van der Waals surface area (Å²) in [5.41, 5.74) is 5.43. The molecule has 2 nitrogen and oxygen atoms in total. The summed E-state index contributed by atoms with van der Waals surface area (Å²) in [6.45, 7) is 0. The molecule has 2 N–H and O–H groups in total. The van der Waals surface area contributed by atoms with Crippen LogP contribution in [-0.2, 0) is 0 Å². The van der Waals surface area contributed by atoms with Crippen molar-refractivity contribution in [3.05, 3.63) is 0 Å². The van der Waals surface area contributed by atoms with E-state index in [1.807, 2.05) is 0 Å². The molecule has 0 aromatic carbocycles. The van der Waals surface area contributed by atoms with Crippen LogP contribution in [-0.4, -0.2) is 22.1 Å². The average Bonchev–Trinajstić information content (AvgIpc) is 1.83. The summed E-state index contributed by atoms with van der Waals surface area (Å²) >= 11 is 4.53. The molecule has 9 heavy (non-hydrogen) atoms. The summed E-state index contributed by atoms with van der Waals surface area (Å²) in [4.78, 5) is 0. The predicted octanol–water partition coefficient (Wildman–Crippen LogP) is -2.50. The fourth-order valence-electron chi connectivity index (χ4n) is 0.291. The molecule has 0 amide bonds. The van der Waals surface area contributed by atoms with E-state index in [0.717, 1.165) is 6.42 Å². The first kappa shape index (κ1) is 13.2. The smallest absolute Gasteiger partial charge is 0.799 e. The second-order valence-corrected chi connectivity index (χ2v) is 2.56. The third-order valence-corrected chi connectivity index (χ3v) is 1.68. The third-order valence-electron chi connectivity index (χ3n) is 0.806. The van der Waals surface area contributed by atoms with Gasteiger partial charge in [-0.2, -0.15) is 12.6 Å². The first-order chi connectivity index (χ1) is 3.81. The van der Waals surface area contributed by atoms with Crippen molar-refractivity contribution >= 4 is 24.7 Å². The van der Waals surface area contributed by atoms with Gasteiger partial charge in [-0.1, -0.05) is 0 Å². The summed E-state index contributed by atoms with van der Waals surface area (Å²) < 4.78 is 9.79. The van der Waals surface area contributed by atoms with Gasteiger partial charge in [-0.25, -0.2) is 0 Å². The molecule has 1 atom stereocenters. The SMILES string of the molecule is NC(CS)CCS[O-].[Na+]. The second kappa shape index (κ2) is 9.62. The van der Waals surface area contributed by atoms with Crippen molar-refractivity contribution in [2.45, 2.75) is 12.5 Å². The van der Waals surface area contributed by atoms with Crippen molar-refractivity contribution < 1.29 is 34.1 Å². The van der Waals surface area contributed by atoms with E-state index in [1.54, 1.807) is 0 Å². The summed E-state index contributed by atoms with van der Waals surface area (Å²) in [5.74, 6) is 1.27. The molecule has 0 spiro atoms. The second-order valence-electron chi connectivity index (χ2n) is 1.55. The van der Waals surface area contributed by atoms with E-state index >= 15 is 0 Å². The Kier molecular flexibility index (Phi) is 14.1. The van der Waals surface area contributed by atoms with Gasteiger partial charge in [0.2, 0.25) is 0 Å². The van der Waals surface area contributed by atoms with E-state index in [-0.39, 0.29) is 35.6 Å². The van der Waals surface area contributed by atoms with Crippen LogP contribution in [0.25, 0.3) is 0 Å². The van der Waals surface area contributed by atoms with Crippen LogP contribution in [0.2, 0.25) is 0 Å². The van der Waals surface area contributed by atoms with Gasteiger partial charge >= 0.3 is 29.6 Å². The predicted molar refractivity (Wildman–Crippen MR) is 39.7 cm³/mol. The normalized spacial score (nSPS) is 12.3.